The Morgan fingerprint density at radius 3 is 1.90 bits per heavy atom. The Labute approximate surface area is 184 Å². The molecule has 0 unspecified atom stereocenters. The van der Waals surface area contributed by atoms with Crippen molar-refractivity contribution in [1.29, 1.82) is 0 Å². The SMILES string of the molecule is C1=CCN=C1.CC(=O)c1ccc(-n2cccn2)cc1.CC(=O)c1ccc(I)cc1. The van der Waals surface area contributed by atoms with Gasteiger partial charge in [0.15, 0.2) is 11.6 Å². The number of carbonyl (C=O) groups excluding carboxylic acids is 2. The van der Waals surface area contributed by atoms with Gasteiger partial charge >= 0.3 is 0 Å². The largest absolute Gasteiger partial charge is 0.295 e. The van der Waals surface area contributed by atoms with Crippen LogP contribution in [0.15, 0.2) is 84.1 Å². The third-order valence-electron chi connectivity index (χ3n) is 3.83. The lowest BCUT2D eigenvalue weighted by atomic mass is 10.1. The molecule has 0 fully saturated rings. The van der Waals surface area contributed by atoms with Gasteiger partial charge in [-0.3, -0.25) is 14.6 Å². The lowest BCUT2D eigenvalue weighted by Crippen LogP contribution is -1.96. The fraction of sp³-hybridized carbons (Fsp3) is 0.130. The molecule has 2 heterocycles. The molecule has 0 N–H and O–H groups in total. The van der Waals surface area contributed by atoms with Crippen LogP contribution in [0.5, 0.6) is 0 Å². The fourth-order valence-corrected chi connectivity index (χ4v) is 2.62. The smallest absolute Gasteiger partial charge is 0.159 e. The minimum Gasteiger partial charge on any atom is -0.295 e. The average molecular weight is 499 g/mol. The maximum atomic E-state index is 11.0. The number of halogens is 1. The number of hydrogen-bond acceptors (Lipinski definition) is 4. The second kappa shape index (κ2) is 11.9. The summed E-state index contributed by atoms with van der Waals surface area (Å²) in [7, 11) is 0. The third kappa shape index (κ3) is 7.95. The maximum Gasteiger partial charge on any atom is 0.159 e. The number of carbonyl (C=O) groups is 2. The van der Waals surface area contributed by atoms with Gasteiger partial charge in [0, 0.05) is 33.3 Å². The van der Waals surface area contributed by atoms with Gasteiger partial charge in [0.1, 0.15) is 0 Å². The van der Waals surface area contributed by atoms with Crippen molar-refractivity contribution in [3.8, 4) is 5.69 Å². The van der Waals surface area contributed by atoms with E-state index in [1.807, 2.05) is 60.8 Å². The van der Waals surface area contributed by atoms with Crippen molar-refractivity contribution >= 4 is 40.4 Å². The summed E-state index contributed by atoms with van der Waals surface area (Å²) in [5.41, 5.74) is 2.46. The van der Waals surface area contributed by atoms with E-state index in [9.17, 15) is 9.59 Å². The number of nitrogens with zero attached hydrogens (tertiary/aromatic N) is 3. The van der Waals surface area contributed by atoms with Gasteiger partial charge < -0.3 is 0 Å². The van der Waals surface area contributed by atoms with E-state index in [1.165, 1.54) is 0 Å². The Hall–Kier alpha value is -2.87. The van der Waals surface area contributed by atoms with E-state index in [2.05, 4.69) is 32.7 Å². The molecule has 1 aliphatic heterocycles. The Bertz CT molecular complexity index is 964. The van der Waals surface area contributed by atoms with Crippen molar-refractivity contribution < 1.29 is 9.59 Å². The van der Waals surface area contributed by atoms with Gasteiger partial charge in [0.2, 0.25) is 0 Å². The first-order valence-corrected chi connectivity index (χ1v) is 10.1. The molecule has 0 amide bonds. The number of rotatable bonds is 3. The predicted molar refractivity (Wildman–Crippen MR) is 125 cm³/mol. The molecule has 29 heavy (non-hydrogen) atoms. The topological polar surface area (TPSA) is 64.3 Å². The number of benzene rings is 2. The lowest BCUT2D eigenvalue weighted by molar-refractivity contribution is 0.100. The molecule has 1 aromatic heterocycles. The normalized spacial score (nSPS) is 11.1. The van der Waals surface area contributed by atoms with Crippen molar-refractivity contribution in [3.63, 3.8) is 0 Å². The molecule has 1 aliphatic rings. The number of allylic oxidation sites excluding steroid dienone is 1. The molecule has 6 heteroatoms. The molecule has 5 nitrogen and oxygen atoms in total. The summed E-state index contributed by atoms with van der Waals surface area (Å²) in [5.74, 6) is 0.202. The first kappa shape index (κ1) is 22.4. The van der Waals surface area contributed by atoms with Crippen LogP contribution in [0.1, 0.15) is 34.6 Å². The molecule has 0 aliphatic carbocycles. The van der Waals surface area contributed by atoms with Crippen LogP contribution in [0.25, 0.3) is 5.69 Å². The van der Waals surface area contributed by atoms with Crippen LogP contribution in [-0.2, 0) is 0 Å². The highest BCUT2D eigenvalue weighted by Crippen LogP contribution is 2.09. The van der Waals surface area contributed by atoms with Crippen LogP contribution in [-0.4, -0.2) is 34.1 Å². The summed E-state index contributed by atoms with van der Waals surface area (Å²) in [6.07, 6.45) is 9.35. The summed E-state index contributed by atoms with van der Waals surface area (Å²) >= 11 is 2.21. The van der Waals surface area contributed by atoms with Gasteiger partial charge in [0.05, 0.1) is 12.2 Å². The van der Waals surface area contributed by atoms with Crippen molar-refractivity contribution in [2.45, 2.75) is 13.8 Å². The average Bonchev–Trinajstić information content (AvgIpc) is 3.45. The van der Waals surface area contributed by atoms with E-state index in [4.69, 9.17) is 0 Å². The molecule has 0 bridgehead atoms. The van der Waals surface area contributed by atoms with Crippen molar-refractivity contribution in [3.05, 3.63) is 93.8 Å². The molecule has 2 aromatic carbocycles. The minimum atomic E-state index is 0.0806. The monoisotopic (exact) mass is 499 g/mol. The van der Waals surface area contributed by atoms with E-state index in [0.29, 0.717) is 0 Å². The maximum absolute atomic E-state index is 11.0. The molecular weight excluding hydrogens is 477 g/mol. The Balaban J connectivity index is 0.000000173. The zero-order valence-corrected chi connectivity index (χ0v) is 18.5. The zero-order chi connectivity index (χ0) is 21.1. The summed E-state index contributed by atoms with van der Waals surface area (Å²) < 4.78 is 2.91. The zero-order valence-electron chi connectivity index (χ0n) is 16.3. The second-order valence-corrected chi connectivity index (χ2v) is 7.30. The van der Waals surface area contributed by atoms with Crippen LogP contribution in [0.3, 0.4) is 0 Å². The lowest BCUT2D eigenvalue weighted by Gasteiger charge is -2.01. The second-order valence-electron chi connectivity index (χ2n) is 6.06. The third-order valence-corrected chi connectivity index (χ3v) is 4.55. The van der Waals surface area contributed by atoms with Gasteiger partial charge in [-0.25, -0.2) is 4.68 Å². The van der Waals surface area contributed by atoms with E-state index in [-0.39, 0.29) is 11.6 Å². The Morgan fingerprint density at radius 2 is 1.52 bits per heavy atom. The number of hydrogen-bond donors (Lipinski definition) is 0. The van der Waals surface area contributed by atoms with Crippen LogP contribution in [0.4, 0.5) is 0 Å². The molecule has 0 saturated heterocycles. The van der Waals surface area contributed by atoms with Gasteiger partial charge in [-0.05, 0) is 85.0 Å². The standard InChI is InChI=1S/C11H10N2O.C8H7IO.C4H5N/c1-9(14)10-3-5-11(6-4-10)13-8-2-7-12-13;1-6(10)7-2-4-8(9)5-3-7;1-2-4-5-3-1/h2-8H,1H3;2-5H,1H3;1-3H,4H2. The van der Waals surface area contributed by atoms with Crippen molar-refractivity contribution in [1.82, 2.24) is 9.78 Å². The van der Waals surface area contributed by atoms with Gasteiger partial charge in [-0.2, -0.15) is 5.10 Å². The molecule has 0 saturated carbocycles. The highest BCUT2D eigenvalue weighted by Gasteiger charge is 1.99. The van der Waals surface area contributed by atoms with Crippen LogP contribution in [0, 0.1) is 3.57 Å². The molecule has 0 radical (unpaired) electrons. The molecule has 0 atom stereocenters. The van der Waals surface area contributed by atoms with E-state index < -0.39 is 0 Å². The Morgan fingerprint density at radius 1 is 0.931 bits per heavy atom. The predicted octanol–water partition coefficient (Wildman–Crippen LogP) is 5.20. The van der Waals surface area contributed by atoms with Gasteiger partial charge in [0.25, 0.3) is 0 Å². The van der Waals surface area contributed by atoms with Crippen molar-refractivity contribution in [2.24, 2.45) is 4.99 Å². The van der Waals surface area contributed by atoms with Crippen LogP contribution in [0.2, 0.25) is 0 Å². The summed E-state index contributed by atoms with van der Waals surface area (Å²) in [4.78, 5) is 25.6. The molecule has 0 spiro atoms. The summed E-state index contributed by atoms with van der Waals surface area (Å²) in [6, 6.07) is 16.8. The molecule has 3 aromatic rings. The number of ketones is 2. The fourth-order valence-electron chi connectivity index (χ4n) is 2.26. The summed E-state index contributed by atoms with van der Waals surface area (Å²) in [6.45, 7) is 4.02. The highest BCUT2D eigenvalue weighted by molar-refractivity contribution is 14.1. The van der Waals surface area contributed by atoms with E-state index >= 15 is 0 Å². The van der Waals surface area contributed by atoms with Gasteiger partial charge in [-0.1, -0.05) is 18.2 Å². The quantitative estimate of drug-likeness (QED) is 0.368. The first-order chi connectivity index (χ1) is 14.0. The first-order valence-electron chi connectivity index (χ1n) is 9.00. The molecule has 148 valence electrons. The molecule has 4 rings (SSSR count). The number of aliphatic imine (C=N–C) groups is 1. The highest BCUT2D eigenvalue weighted by atomic mass is 127. The number of Topliss-reactive ketones (excluding diaryl/α,β-unsaturated/α-hetero) is 2. The number of aromatic nitrogens is 2. The van der Waals surface area contributed by atoms with E-state index in [1.54, 1.807) is 43.1 Å². The van der Waals surface area contributed by atoms with E-state index in [0.717, 1.165) is 26.9 Å². The molecular formula is C23H22IN3O2. The Kier molecular flexibility index (Phi) is 9.17. The van der Waals surface area contributed by atoms with Gasteiger partial charge in [-0.15, -0.1) is 0 Å². The summed E-state index contributed by atoms with van der Waals surface area (Å²) in [5, 5.41) is 4.09. The van der Waals surface area contributed by atoms with Crippen LogP contribution < -0.4 is 0 Å². The van der Waals surface area contributed by atoms with Crippen LogP contribution >= 0.6 is 22.6 Å². The van der Waals surface area contributed by atoms with Crippen molar-refractivity contribution in [2.75, 3.05) is 6.54 Å². The minimum absolute atomic E-state index is 0.0806.